The minimum absolute atomic E-state index is 0.140. The molecule has 0 spiro atoms. The second-order valence-corrected chi connectivity index (χ2v) is 4.06. The van der Waals surface area contributed by atoms with Gasteiger partial charge in [-0.25, -0.2) is 4.79 Å². The molecule has 13 heavy (non-hydrogen) atoms. The lowest BCUT2D eigenvalue weighted by Gasteiger charge is -2.33. The molecule has 0 bridgehead atoms. The monoisotopic (exact) mass is 188 g/mol. The minimum Gasteiger partial charge on any atom is -0.479 e. The Labute approximate surface area is 77.5 Å². The van der Waals surface area contributed by atoms with Crippen LogP contribution in [0.3, 0.4) is 0 Å². The van der Waals surface area contributed by atoms with Crippen molar-refractivity contribution in [3.05, 3.63) is 0 Å². The number of aliphatic hydroxyl groups excluding tert-OH is 1. The quantitative estimate of drug-likeness (QED) is 0.682. The maximum Gasteiger partial charge on any atom is 0.333 e. The number of rotatable bonds is 3. The third-order valence-electron chi connectivity index (χ3n) is 2.70. The summed E-state index contributed by atoms with van der Waals surface area (Å²) in [5, 5.41) is 18.1. The van der Waals surface area contributed by atoms with E-state index in [1.807, 2.05) is 0 Å². The second kappa shape index (κ2) is 3.64. The first-order chi connectivity index (χ1) is 5.96. The molecule has 1 heterocycles. The molecule has 0 aromatic carbocycles. The highest BCUT2D eigenvalue weighted by Crippen LogP contribution is 2.34. The molecule has 1 aliphatic heterocycles. The highest BCUT2D eigenvalue weighted by atomic mass is 16.5. The zero-order valence-corrected chi connectivity index (χ0v) is 7.99. The predicted octanol–water partition coefficient (Wildman–Crippen LogP) is 0.637. The maximum absolute atomic E-state index is 10.6. The van der Waals surface area contributed by atoms with E-state index in [0.717, 1.165) is 12.8 Å². The summed E-state index contributed by atoms with van der Waals surface area (Å²) in [7, 11) is 0. The van der Waals surface area contributed by atoms with Crippen molar-refractivity contribution in [3.8, 4) is 0 Å². The Morgan fingerprint density at radius 2 is 2.23 bits per heavy atom. The van der Waals surface area contributed by atoms with Crippen LogP contribution in [-0.2, 0) is 9.53 Å². The van der Waals surface area contributed by atoms with E-state index in [0.29, 0.717) is 6.61 Å². The van der Waals surface area contributed by atoms with E-state index >= 15 is 0 Å². The summed E-state index contributed by atoms with van der Waals surface area (Å²) < 4.78 is 5.37. The van der Waals surface area contributed by atoms with Crippen LogP contribution < -0.4 is 0 Å². The van der Waals surface area contributed by atoms with Gasteiger partial charge >= 0.3 is 5.97 Å². The van der Waals surface area contributed by atoms with E-state index in [9.17, 15) is 9.90 Å². The summed E-state index contributed by atoms with van der Waals surface area (Å²) >= 11 is 0. The molecule has 4 heteroatoms. The molecule has 1 saturated heterocycles. The normalized spacial score (nSPS) is 25.9. The van der Waals surface area contributed by atoms with E-state index in [2.05, 4.69) is 0 Å². The van der Waals surface area contributed by atoms with E-state index < -0.39 is 17.5 Å². The number of carboxylic acids is 1. The summed E-state index contributed by atoms with van der Waals surface area (Å²) in [6.45, 7) is 4.12. The second-order valence-electron chi connectivity index (χ2n) is 4.06. The molecule has 2 atom stereocenters. The Bertz CT molecular complexity index is 194. The molecule has 2 unspecified atom stereocenters. The molecule has 0 radical (unpaired) electrons. The fourth-order valence-electron chi connectivity index (χ4n) is 1.66. The van der Waals surface area contributed by atoms with Crippen LogP contribution in [0.5, 0.6) is 0 Å². The molecule has 1 fully saturated rings. The van der Waals surface area contributed by atoms with Crippen molar-refractivity contribution in [1.82, 2.24) is 0 Å². The average Bonchev–Trinajstić information content (AvgIpc) is 2.54. The average molecular weight is 188 g/mol. The van der Waals surface area contributed by atoms with Crippen LogP contribution in [0.1, 0.15) is 26.7 Å². The van der Waals surface area contributed by atoms with Crippen molar-refractivity contribution >= 4 is 5.97 Å². The molecular formula is C9H16O4. The number of carboxylic acid groups (broad SMARTS) is 1. The number of hydrogen-bond acceptors (Lipinski definition) is 3. The first-order valence-corrected chi connectivity index (χ1v) is 4.48. The van der Waals surface area contributed by atoms with E-state index in [1.165, 1.54) is 0 Å². The Morgan fingerprint density at radius 1 is 1.62 bits per heavy atom. The van der Waals surface area contributed by atoms with Crippen molar-refractivity contribution in [2.24, 2.45) is 5.41 Å². The highest BCUT2D eigenvalue weighted by molar-refractivity contribution is 5.73. The maximum atomic E-state index is 10.6. The van der Waals surface area contributed by atoms with Crippen LogP contribution in [0.4, 0.5) is 0 Å². The van der Waals surface area contributed by atoms with Gasteiger partial charge in [0.05, 0.1) is 6.10 Å². The van der Waals surface area contributed by atoms with Crippen molar-refractivity contribution in [2.45, 2.75) is 38.9 Å². The van der Waals surface area contributed by atoms with Crippen molar-refractivity contribution < 1.29 is 19.7 Å². The lowest BCUT2D eigenvalue weighted by molar-refractivity contribution is -0.159. The lowest BCUT2D eigenvalue weighted by atomic mass is 9.79. The SMILES string of the molecule is CC(C)(C1CCCO1)C(O)C(=O)O. The zero-order chi connectivity index (χ0) is 10.1. The van der Waals surface area contributed by atoms with Gasteiger partial charge in [0.2, 0.25) is 0 Å². The molecule has 0 aliphatic carbocycles. The van der Waals surface area contributed by atoms with Gasteiger partial charge in [0.25, 0.3) is 0 Å². The number of ether oxygens (including phenoxy) is 1. The van der Waals surface area contributed by atoms with Gasteiger partial charge in [-0.3, -0.25) is 0 Å². The summed E-state index contributed by atoms with van der Waals surface area (Å²) in [6, 6.07) is 0. The van der Waals surface area contributed by atoms with Gasteiger partial charge in [-0.05, 0) is 12.8 Å². The Kier molecular flexibility index (Phi) is 2.93. The van der Waals surface area contributed by atoms with Crippen LogP contribution in [-0.4, -0.2) is 35.0 Å². The summed E-state index contributed by atoms with van der Waals surface area (Å²) in [4.78, 5) is 10.6. The molecule has 0 aromatic rings. The lowest BCUT2D eigenvalue weighted by Crippen LogP contribution is -2.44. The third kappa shape index (κ3) is 2.00. The van der Waals surface area contributed by atoms with Crippen LogP contribution in [0.25, 0.3) is 0 Å². The van der Waals surface area contributed by atoms with Gasteiger partial charge < -0.3 is 14.9 Å². The first-order valence-electron chi connectivity index (χ1n) is 4.48. The molecule has 1 rings (SSSR count). The van der Waals surface area contributed by atoms with Crippen LogP contribution in [0.2, 0.25) is 0 Å². The largest absolute Gasteiger partial charge is 0.479 e. The molecule has 76 valence electrons. The topological polar surface area (TPSA) is 66.8 Å². The first kappa shape index (κ1) is 10.5. The van der Waals surface area contributed by atoms with Gasteiger partial charge in [-0.2, -0.15) is 0 Å². The number of carbonyl (C=O) groups is 1. The summed E-state index contributed by atoms with van der Waals surface area (Å²) in [5.74, 6) is -1.18. The van der Waals surface area contributed by atoms with E-state index in [4.69, 9.17) is 9.84 Å². The number of aliphatic hydroxyl groups is 1. The smallest absolute Gasteiger partial charge is 0.333 e. The fraction of sp³-hybridized carbons (Fsp3) is 0.889. The van der Waals surface area contributed by atoms with Crippen LogP contribution in [0.15, 0.2) is 0 Å². The van der Waals surface area contributed by atoms with Gasteiger partial charge in [0.1, 0.15) is 0 Å². The van der Waals surface area contributed by atoms with Crippen LogP contribution >= 0.6 is 0 Å². The van der Waals surface area contributed by atoms with Crippen molar-refractivity contribution in [1.29, 1.82) is 0 Å². The highest BCUT2D eigenvalue weighted by Gasteiger charge is 2.42. The zero-order valence-electron chi connectivity index (χ0n) is 7.99. The Morgan fingerprint density at radius 3 is 2.62 bits per heavy atom. The molecule has 2 N–H and O–H groups in total. The molecule has 0 amide bonds. The third-order valence-corrected chi connectivity index (χ3v) is 2.70. The van der Waals surface area contributed by atoms with E-state index in [1.54, 1.807) is 13.8 Å². The van der Waals surface area contributed by atoms with Gasteiger partial charge in [0, 0.05) is 12.0 Å². The fourth-order valence-corrected chi connectivity index (χ4v) is 1.66. The molecule has 4 nitrogen and oxygen atoms in total. The number of hydrogen-bond donors (Lipinski definition) is 2. The van der Waals surface area contributed by atoms with Gasteiger partial charge in [0.15, 0.2) is 6.10 Å². The Hall–Kier alpha value is -0.610. The summed E-state index contributed by atoms with van der Waals surface area (Å²) in [6.07, 6.45) is 0.284. The standard InChI is InChI=1S/C9H16O4/c1-9(2,7(10)8(11)12)6-4-3-5-13-6/h6-7,10H,3-5H2,1-2H3,(H,11,12). The predicted molar refractivity (Wildman–Crippen MR) is 46.4 cm³/mol. The molecule has 1 aliphatic rings. The molecular weight excluding hydrogens is 172 g/mol. The van der Waals surface area contributed by atoms with Crippen molar-refractivity contribution in [3.63, 3.8) is 0 Å². The van der Waals surface area contributed by atoms with E-state index in [-0.39, 0.29) is 6.10 Å². The molecule has 0 aromatic heterocycles. The van der Waals surface area contributed by atoms with Gasteiger partial charge in [-0.15, -0.1) is 0 Å². The number of aliphatic carboxylic acids is 1. The van der Waals surface area contributed by atoms with Crippen molar-refractivity contribution in [2.75, 3.05) is 6.61 Å². The summed E-state index contributed by atoms with van der Waals surface area (Å²) in [5.41, 5.74) is -0.706. The minimum atomic E-state index is -1.35. The molecule has 0 saturated carbocycles. The van der Waals surface area contributed by atoms with Gasteiger partial charge in [-0.1, -0.05) is 13.8 Å². The Balaban J connectivity index is 2.67. The van der Waals surface area contributed by atoms with Crippen LogP contribution in [0, 0.1) is 5.41 Å².